The van der Waals surface area contributed by atoms with E-state index in [1.165, 1.54) is 17.0 Å². The Bertz CT molecular complexity index is 376. The highest BCUT2D eigenvalue weighted by molar-refractivity contribution is 5.95. The predicted octanol–water partition coefficient (Wildman–Crippen LogP) is 0.116. The zero-order chi connectivity index (χ0) is 11.5. The molecule has 0 radical (unpaired) electrons. The highest BCUT2D eigenvalue weighted by Crippen LogP contribution is 2.22. The van der Waals surface area contributed by atoms with Gasteiger partial charge in [0.2, 0.25) is 0 Å². The molecular weight excluding hydrogens is 210 g/mol. The number of aliphatic hydroxyl groups excluding tert-OH is 1. The van der Waals surface area contributed by atoms with Crippen LogP contribution < -0.4 is 4.90 Å². The number of aliphatic hydroxyl groups is 1. The van der Waals surface area contributed by atoms with Gasteiger partial charge in [-0.25, -0.2) is 0 Å². The van der Waals surface area contributed by atoms with Crippen LogP contribution in [0.4, 0.5) is 5.69 Å². The third-order valence-electron chi connectivity index (χ3n) is 2.51. The van der Waals surface area contributed by atoms with Crippen molar-refractivity contribution < 1.29 is 19.7 Å². The maximum Gasteiger partial charge on any atom is 0.253 e. The lowest BCUT2D eigenvalue weighted by Gasteiger charge is -2.34. The summed E-state index contributed by atoms with van der Waals surface area (Å²) in [6, 6.07) is 5.94. The Morgan fingerprint density at radius 1 is 1.38 bits per heavy atom. The molecule has 2 rings (SSSR count). The topological polar surface area (TPSA) is 70.0 Å². The number of carbonyl (C=O) groups excluding carboxylic acids is 1. The maximum absolute atomic E-state index is 11.7. The summed E-state index contributed by atoms with van der Waals surface area (Å²) in [5.74, 6) is -0.0407. The second kappa shape index (κ2) is 4.51. The molecule has 1 aromatic rings. The van der Waals surface area contributed by atoms with Crippen molar-refractivity contribution in [3.63, 3.8) is 0 Å². The highest BCUT2D eigenvalue weighted by Gasteiger charge is 2.29. The van der Waals surface area contributed by atoms with Gasteiger partial charge in [-0.2, -0.15) is 0 Å². The average molecular weight is 223 g/mol. The summed E-state index contributed by atoms with van der Waals surface area (Å²) in [5.41, 5.74) is 0.658. The molecule has 0 saturated carbocycles. The van der Waals surface area contributed by atoms with Crippen molar-refractivity contribution in [3.05, 3.63) is 24.3 Å². The minimum Gasteiger partial charge on any atom is -0.508 e. The molecule has 1 aromatic carbocycles. The fourth-order valence-corrected chi connectivity index (χ4v) is 1.73. The number of aromatic hydroxyl groups is 1. The highest BCUT2D eigenvalue weighted by atomic mass is 16.5. The van der Waals surface area contributed by atoms with Crippen LogP contribution in [0.25, 0.3) is 0 Å². The van der Waals surface area contributed by atoms with Crippen molar-refractivity contribution in [2.75, 3.05) is 24.7 Å². The Hall–Kier alpha value is -1.59. The first kappa shape index (κ1) is 10.9. The molecule has 2 N–H and O–H groups in total. The van der Waals surface area contributed by atoms with E-state index in [1.54, 1.807) is 12.1 Å². The number of phenolic OH excluding ortho intramolecular Hbond substituents is 1. The van der Waals surface area contributed by atoms with E-state index >= 15 is 0 Å². The monoisotopic (exact) mass is 223 g/mol. The molecule has 1 atom stereocenters. The summed E-state index contributed by atoms with van der Waals surface area (Å²) >= 11 is 0. The molecule has 1 amide bonds. The summed E-state index contributed by atoms with van der Waals surface area (Å²) in [5, 5.41) is 18.3. The Morgan fingerprint density at radius 2 is 2.06 bits per heavy atom. The number of nitrogens with zero attached hydrogens (tertiary/aromatic N) is 1. The number of hydrogen-bond donors (Lipinski definition) is 2. The fourth-order valence-electron chi connectivity index (χ4n) is 1.73. The van der Waals surface area contributed by atoms with Crippen molar-refractivity contribution in [1.29, 1.82) is 0 Å². The molecule has 1 saturated heterocycles. The predicted molar refractivity (Wildman–Crippen MR) is 57.3 cm³/mol. The largest absolute Gasteiger partial charge is 0.508 e. The first-order valence-electron chi connectivity index (χ1n) is 5.02. The van der Waals surface area contributed by atoms with E-state index < -0.39 is 0 Å². The van der Waals surface area contributed by atoms with Crippen LogP contribution >= 0.6 is 0 Å². The van der Waals surface area contributed by atoms with Gasteiger partial charge >= 0.3 is 0 Å². The van der Waals surface area contributed by atoms with Crippen LogP contribution in [-0.4, -0.2) is 42.0 Å². The number of amides is 1. The van der Waals surface area contributed by atoms with Gasteiger partial charge in [0, 0.05) is 5.69 Å². The number of anilines is 1. The first-order valence-corrected chi connectivity index (χ1v) is 5.02. The van der Waals surface area contributed by atoms with Crippen LogP contribution in [0.3, 0.4) is 0 Å². The number of carbonyl (C=O) groups is 1. The summed E-state index contributed by atoms with van der Waals surface area (Å²) < 4.78 is 5.06. The normalized spacial score (nSPS) is 21.2. The molecule has 1 fully saturated rings. The second-order valence-corrected chi connectivity index (χ2v) is 3.63. The number of hydrogen-bond acceptors (Lipinski definition) is 4. The molecule has 1 aliphatic heterocycles. The van der Waals surface area contributed by atoms with Crippen LogP contribution in [-0.2, 0) is 9.53 Å². The third-order valence-corrected chi connectivity index (χ3v) is 2.51. The molecular formula is C11H13NO4. The zero-order valence-corrected chi connectivity index (χ0v) is 8.67. The minimum absolute atomic E-state index is 0.0252. The van der Waals surface area contributed by atoms with Crippen molar-refractivity contribution in [1.82, 2.24) is 0 Å². The fraction of sp³-hybridized carbons (Fsp3) is 0.364. The molecule has 1 heterocycles. The molecule has 0 aromatic heterocycles. The van der Waals surface area contributed by atoms with Crippen LogP contribution in [0.5, 0.6) is 5.75 Å². The quantitative estimate of drug-likeness (QED) is 0.747. The molecule has 5 nitrogen and oxygen atoms in total. The van der Waals surface area contributed by atoms with E-state index in [9.17, 15) is 9.90 Å². The summed E-state index contributed by atoms with van der Waals surface area (Å²) in [6.45, 7) is 0.201. The van der Waals surface area contributed by atoms with E-state index in [0.717, 1.165) is 0 Å². The molecule has 0 bridgehead atoms. The van der Waals surface area contributed by atoms with E-state index in [2.05, 4.69) is 0 Å². The lowest BCUT2D eigenvalue weighted by atomic mass is 10.2. The standard InChI is InChI=1S/C11H13NO4/c13-5-9-6-16-7-11(15)12(9)8-1-3-10(14)4-2-8/h1-4,9,13-14H,5-7H2. The van der Waals surface area contributed by atoms with Gasteiger partial charge < -0.3 is 19.8 Å². The molecule has 16 heavy (non-hydrogen) atoms. The van der Waals surface area contributed by atoms with Crippen molar-refractivity contribution in [3.8, 4) is 5.75 Å². The number of rotatable bonds is 2. The third kappa shape index (κ3) is 2.00. The number of ether oxygens (including phenoxy) is 1. The summed E-state index contributed by atoms with van der Waals surface area (Å²) in [6.07, 6.45) is 0. The molecule has 0 spiro atoms. The molecule has 5 heteroatoms. The van der Waals surface area contributed by atoms with E-state index in [4.69, 9.17) is 9.84 Å². The van der Waals surface area contributed by atoms with E-state index in [0.29, 0.717) is 12.3 Å². The second-order valence-electron chi connectivity index (χ2n) is 3.63. The number of benzene rings is 1. The lowest BCUT2D eigenvalue weighted by Crippen LogP contribution is -2.51. The van der Waals surface area contributed by atoms with Crippen molar-refractivity contribution >= 4 is 11.6 Å². The van der Waals surface area contributed by atoms with E-state index in [-0.39, 0.29) is 30.9 Å². The van der Waals surface area contributed by atoms with Gasteiger partial charge in [-0.3, -0.25) is 4.79 Å². The average Bonchev–Trinajstić information content (AvgIpc) is 2.30. The van der Waals surface area contributed by atoms with Crippen LogP contribution in [0.2, 0.25) is 0 Å². The summed E-state index contributed by atoms with van der Waals surface area (Å²) in [7, 11) is 0. The molecule has 1 unspecified atom stereocenters. The first-order chi connectivity index (χ1) is 7.72. The Labute approximate surface area is 92.9 Å². The lowest BCUT2D eigenvalue weighted by molar-refractivity contribution is -0.128. The molecule has 1 aliphatic rings. The van der Waals surface area contributed by atoms with Crippen molar-refractivity contribution in [2.45, 2.75) is 6.04 Å². The van der Waals surface area contributed by atoms with E-state index in [1.807, 2.05) is 0 Å². The van der Waals surface area contributed by atoms with Gasteiger partial charge in [-0.1, -0.05) is 0 Å². The Kier molecular flexibility index (Phi) is 3.07. The zero-order valence-electron chi connectivity index (χ0n) is 8.67. The molecule has 0 aliphatic carbocycles. The Balaban J connectivity index is 2.28. The van der Waals surface area contributed by atoms with Gasteiger partial charge in [0.05, 0.1) is 19.3 Å². The van der Waals surface area contributed by atoms with Gasteiger partial charge in [0.15, 0.2) is 0 Å². The van der Waals surface area contributed by atoms with Gasteiger partial charge in [0.1, 0.15) is 12.4 Å². The van der Waals surface area contributed by atoms with Gasteiger partial charge in [-0.15, -0.1) is 0 Å². The van der Waals surface area contributed by atoms with Crippen LogP contribution in [0.1, 0.15) is 0 Å². The van der Waals surface area contributed by atoms with Gasteiger partial charge in [0.25, 0.3) is 5.91 Å². The van der Waals surface area contributed by atoms with Gasteiger partial charge in [-0.05, 0) is 24.3 Å². The smallest absolute Gasteiger partial charge is 0.253 e. The van der Waals surface area contributed by atoms with Crippen LogP contribution in [0.15, 0.2) is 24.3 Å². The summed E-state index contributed by atoms with van der Waals surface area (Å²) in [4.78, 5) is 13.2. The number of morpholine rings is 1. The minimum atomic E-state index is -0.356. The van der Waals surface area contributed by atoms with Crippen molar-refractivity contribution in [2.24, 2.45) is 0 Å². The maximum atomic E-state index is 11.7. The number of phenols is 1. The Morgan fingerprint density at radius 3 is 2.69 bits per heavy atom. The molecule has 86 valence electrons. The SMILES string of the molecule is O=C1COCC(CO)N1c1ccc(O)cc1. The van der Waals surface area contributed by atoms with Crippen LogP contribution in [0, 0.1) is 0 Å².